The number of benzene rings is 2. The number of carbonyl (C=O) groups excluding carboxylic acids is 1. The van der Waals surface area contributed by atoms with E-state index >= 15 is 0 Å². The van der Waals surface area contributed by atoms with Crippen LogP contribution in [0.3, 0.4) is 0 Å². The van der Waals surface area contributed by atoms with Crippen LogP contribution >= 0.6 is 0 Å². The molecule has 0 radical (unpaired) electrons. The summed E-state index contributed by atoms with van der Waals surface area (Å²) in [6.45, 7) is 4.07. The predicted octanol–water partition coefficient (Wildman–Crippen LogP) is 6.13. The Morgan fingerprint density at radius 2 is 1.77 bits per heavy atom. The second-order valence-corrected chi connectivity index (χ2v) is 10.1. The number of ether oxygens (including phenoxy) is 1. The number of hydrogen-bond donors (Lipinski definition) is 2. The highest BCUT2D eigenvalue weighted by Gasteiger charge is 2.31. The van der Waals surface area contributed by atoms with Gasteiger partial charge in [0.05, 0.1) is 18.4 Å². The highest BCUT2D eigenvalue weighted by atomic mass is 19.4. The lowest BCUT2D eigenvalue weighted by Crippen LogP contribution is -2.38. The van der Waals surface area contributed by atoms with E-state index in [4.69, 9.17) is 4.74 Å². The van der Waals surface area contributed by atoms with Gasteiger partial charge in [-0.2, -0.15) is 13.2 Å². The van der Waals surface area contributed by atoms with Gasteiger partial charge in [0.2, 0.25) is 0 Å². The molecule has 0 bridgehead atoms. The quantitative estimate of drug-likeness (QED) is 0.434. The van der Waals surface area contributed by atoms with Gasteiger partial charge in [-0.05, 0) is 66.6 Å². The van der Waals surface area contributed by atoms with Crippen LogP contribution in [0.1, 0.15) is 48.8 Å². The standard InChI is InChI=1S/C31H33F3N4O2/c1-3-28-29(38-17-14-27(40-2)18-26(38)20-35-28)30(39)36-19-21-4-10-25(11-5-21)37-15-12-23(13-16-37)22-6-8-24(9-7-22)31(32,33)34/h4-11,14,17-18,20,23,35H,3,12-13,15-16,19H2,1-2H3,(H,36,39). The van der Waals surface area contributed by atoms with E-state index in [-0.39, 0.29) is 11.8 Å². The van der Waals surface area contributed by atoms with Gasteiger partial charge in [0.25, 0.3) is 5.91 Å². The van der Waals surface area contributed by atoms with E-state index in [1.807, 2.05) is 48.5 Å². The third-order valence-electron chi connectivity index (χ3n) is 7.64. The summed E-state index contributed by atoms with van der Waals surface area (Å²) >= 11 is 0. The van der Waals surface area contributed by atoms with Gasteiger partial charge < -0.3 is 25.2 Å². The van der Waals surface area contributed by atoms with E-state index in [1.54, 1.807) is 19.2 Å². The Bertz CT molecular complexity index is 1350. The van der Waals surface area contributed by atoms with Crippen LogP contribution in [0.2, 0.25) is 0 Å². The molecule has 0 saturated carbocycles. The van der Waals surface area contributed by atoms with Crippen molar-refractivity contribution in [2.45, 2.75) is 44.8 Å². The van der Waals surface area contributed by atoms with Crippen LogP contribution in [0, 0.1) is 0 Å². The highest BCUT2D eigenvalue weighted by molar-refractivity contribution is 5.94. The second kappa shape index (κ2) is 11.5. The first-order valence-corrected chi connectivity index (χ1v) is 13.5. The molecule has 0 atom stereocenters. The molecule has 0 unspecified atom stereocenters. The van der Waals surface area contributed by atoms with Crippen molar-refractivity contribution in [1.29, 1.82) is 0 Å². The lowest BCUT2D eigenvalue weighted by molar-refractivity contribution is -0.137. The first-order valence-electron chi connectivity index (χ1n) is 13.5. The van der Waals surface area contributed by atoms with Crippen molar-refractivity contribution >= 4 is 11.6 Å². The van der Waals surface area contributed by atoms with Crippen molar-refractivity contribution < 1.29 is 22.7 Å². The molecular weight excluding hydrogens is 517 g/mol. The smallest absolute Gasteiger partial charge is 0.416 e. The number of nitrogens with zero attached hydrogens (tertiary/aromatic N) is 2. The minimum absolute atomic E-state index is 0.164. The molecule has 3 aliphatic heterocycles. The summed E-state index contributed by atoms with van der Waals surface area (Å²) in [6, 6.07) is 13.7. The summed E-state index contributed by atoms with van der Waals surface area (Å²) in [6.07, 6.45) is 5.54. The molecule has 1 amide bonds. The number of allylic oxidation sites excluding steroid dienone is 3. The van der Waals surface area contributed by atoms with E-state index in [1.165, 1.54) is 12.1 Å². The van der Waals surface area contributed by atoms with Gasteiger partial charge in [0, 0.05) is 49.5 Å². The second-order valence-electron chi connectivity index (χ2n) is 10.1. The summed E-state index contributed by atoms with van der Waals surface area (Å²) in [5.74, 6) is 0.808. The molecule has 9 heteroatoms. The maximum Gasteiger partial charge on any atom is 0.416 e. The number of anilines is 1. The van der Waals surface area contributed by atoms with Crippen LogP contribution < -0.4 is 15.5 Å². The number of hydrogen-bond acceptors (Lipinski definition) is 5. The molecule has 5 rings (SSSR count). The summed E-state index contributed by atoms with van der Waals surface area (Å²) < 4.78 is 43.9. The molecule has 3 aliphatic rings. The van der Waals surface area contributed by atoms with Gasteiger partial charge in [-0.15, -0.1) is 0 Å². The largest absolute Gasteiger partial charge is 0.497 e. The van der Waals surface area contributed by atoms with Crippen molar-refractivity contribution in [3.05, 3.63) is 113 Å². The lowest BCUT2D eigenvalue weighted by Gasteiger charge is -2.34. The molecular formula is C31H33F3N4O2. The Kier molecular flexibility index (Phi) is 7.91. The molecule has 0 spiro atoms. The van der Waals surface area contributed by atoms with Gasteiger partial charge in [-0.25, -0.2) is 0 Å². The molecule has 0 aliphatic carbocycles. The number of halogens is 3. The Balaban J connectivity index is 1.15. The average molecular weight is 551 g/mol. The van der Waals surface area contributed by atoms with Crippen LogP contribution in [0.4, 0.5) is 18.9 Å². The highest BCUT2D eigenvalue weighted by Crippen LogP contribution is 2.34. The molecule has 2 aromatic rings. The first-order chi connectivity index (χ1) is 19.3. The Labute approximate surface area is 232 Å². The van der Waals surface area contributed by atoms with Crippen molar-refractivity contribution in [3.8, 4) is 0 Å². The zero-order valence-electron chi connectivity index (χ0n) is 22.6. The topological polar surface area (TPSA) is 56.8 Å². The Hall–Kier alpha value is -4.14. The van der Waals surface area contributed by atoms with Crippen molar-refractivity contribution in [1.82, 2.24) is 15.5 Å². The summed E-state index contributed by atoms with van der Waals surface area (Å²) in [4.78, 5) is 17.4. The molecule has 1 saturated heterocycles. The van der Waals surface area contributed by atoms with Crippen LogP contribution in [0.5, 0.6) is 0 Å². The number of nitrogens with one attached hydrogen (secondary N) is 2. The Morgan fingerprint density at radius 1 is 1.07 bits per heavy atom. The molecule has 3 heterocycles. The number of amides is 1. The summed E-state index contributed by atoms with van der Waals surface area (Å²) in [7, 11) is 1.61. The van der Waals surface area contributed by atoms with Crippen molar-refractivity contribution in [2.75, 3.05) is 25.1 Å². The van der Waals surface area contributed by atoms with Gasteiger partial charge in [0.15, 0.2) is 0 Å². The lowest BCUT2D eigenvalue weighted by atomic mass is 9.88. The number of piperidine rings is 1. The third-order valence-corrected chi connectivity index (χ3v) is 7.64. The van der Waals surface area contributed by atoms with Gasteiger partial charge in [0.1, 0.15) is 11.5 Å². The van der Waals surface area contributed by atoms with E-state index in [9.17, 15) is 18.0 Å². The number of carbonyl (C=O) groups is 1. The fourth-order valence-corrected chi connectivity index (χ4v) is 5.34. The fourth-order valence-electron chi connectivity index (χ4n) is 5.34. The maximum absolute atomic E-state index is 13.2. The van der Waals surface area contributed by atoms with E-state index in [0.29, 0.717) is 24.4 Å². The number of rotatable bonds is 7. The predicted molar refractivity (Wildman–Crippen MR) is 149 cm³/mol. The molecule has 1 fully saturated rings. The minimum Gasteiger partial charge on any atom is -0.497 e. The third kappa shape index (κ3) is 5.88. The van der Waals surface area contributed by atoms with E-state index < -0.39 is 11.7 Å². The van der Waals surface area contributed by atoms with E-state index in [0.717, 1.165) is 54.1 Å². The molecule has 2 N–H and O–H groups in total. The maximum atomic E-state index is 13.2. The number of alkyl halides is 3. The summed E-state index contributed by atoms with van der Waals surface area (Å²) in [5, 5.41) is 6.29. The van der Waals surface area contributed by atoms with Crippen LogP contribution in [-0.4, -0.2) is 31.0 Å². The molecule has 0 aromatic heterocycles. The number of methoxy groups -OCH3 is 1. The van der Waals surface area contributed by atoms with Crippen molar-refractivity contribution in [3.63, 3.8) is 0 Å². The summed E-state index contributed by atoms with van der Waals surface area (Å²) in [5.41, 5.74) is 4.68. The first kappa shape index (κ1) is 27.4. The zero-order chi connectivity index (χ0) is 28.3. The normalized spacial score (nSPS) is 17.6. The Morgan fingerprint density at radius 3 is 2.40 bits per heavy atom. The molecule has 210 valence electrons. The van der Waals surface area contributed by atoms with Crippen LogP contribution in [-0.2, 0) is 22.3 Å². The molecule has 40 heavy (non-hydrogen) atoms. The molecule has 2 aromatic carbocycles. The van der Waals surface area contributed by atoms with Gasteiger partial charge >= 0.3 is 6.18 Å². The minimum atomic E-state index is -4.31. The number of fused-ring (bicyclic) bond motifs is 1. The van der Waals surface area contributed by atoms with Gasteiger partial charge in [-0.3, -0.25) is 4.79 Å². The van der Waals surface area contributed by atoms with Crippen LogP contribution in [0.15, 0.2) is 95.9 Å². The zero-order valence-corrected chi connectivity index (χ0v) is 22.6. The fraction of sp³-hybridized carbons (Fsp3) is 0.323. The van der Waals surface area contributed by atoms with Crippen molar-refractivity contribution in [2.24, 2.45) is 0 Å². The SMILES string of the molecule is CCC1=C(C(=O)NCc2ccc(N3CCC(c4ccc(C(F)(F)F)cc4)CC3)cc2)N2C=CC(OC)=CC2=CN1. The van der Waals surface area contributed by atoms with E-state index in [2.05, 4.69) is 27.7 Å². The molecule has 6 nitrogen and oxygen atoms in total. The monoisotopic (exact) mass is 550 g/mol. The van der Waals surface area contributed by atoms with Gasteiger partial charge in [-0.1, -0.05) is 31.2 Å². The average Bonchev–Trinajstić information content (AvgIpc) is 2.99. The van der Waals surface area contributed by atoms with Crippen LogP contribution in [0.25, 0.3) is 0 Å².